The van der Waals surface area contributed by atoms with E-state index < -0.39 is 5.97 Å². The van der Waals surface area contributed by atoms with E-state index in [1.54, 1.807) is 12.1 Å². The molecule has 1 heterocycles. The van der Waals surface area contributed by atoms with Crippen LogP contribution in [0.2, 0.25) is 0 Å². The topological polar surface area (TPSA) is 58.6 Å². The predicted molar refractivity (Wildman–Crippen MR) is 54.3 cm³/mol. The lowest BCUT2D eigenvalue weighted by atomic mass is 10.2. The van der Waals surface area contributed by atoms with Gasteiger partial charge < -0.3 is 19.4 Å². The van der Waals surface area contributed by atoms with Crippen LogP contribution >= 0.6 is 15.9 Å². The number of carbonyl (C=O) groups is 1. The Morgan fingerprint density at radius 2 is 2.07 bits per heavy atom. The fourth-order valence-electron chi connectivity index (χ4n) is 1.22. The Hall–Kier alpha value is -1.49. The summed E-state index contributed by atoms with van der Waals surface area (Å²) < 4.78 is 11.1. The molecule has 78 valence electrons. The summed E-state index contributed by atoms with van der Waals surface area (Å²) in [5.74, 6) is 0.0169. The molecule has 1 aromatic carbocycles. The molecule has 0 unspecified atom stereocenters. The number of rotatable bonds is 2. The third kappa shape index (κ3) is 2.12. The van der Waals surface area contributed by atoms with Crippen molar-refractivity contribution in [3.05, 3.63) is 28.2 Å². The number of carbonyl (C=O) groups excluding carboxylic acids is 1. The molecular weight excluding hydrogens is 264 g/mol. The van der Waals surface area contributed by atoms with Crippen LogP contribution in [-0.4, -0.2) is 12.8 Å². The molecule has 0 bridgehead atoms. The first kappa shape index (κ1) is 10.0. The van der Waals surface area contributed by atoms with Gasteiger partial charge in [0, 0.05) is 4.47 Å². The molecule has 0 aliphatic carbocycles. The molecule has 0 saturated heterocycles. The van der Waals surface area contributed by atoms with E-state index in [-0.39, 0.29) is 6.79 Å². The second kappa shape index (κ2) is 3.94. The van der Waals surface area contributed by atoms with Crippen molar-refractivity contribution in [1.82, 2.24) is 0 Å². The molecule has 0 spiro atoms. The predicted octanol–water partition coefficient (Wildman–Crippen LogP) is 0.941. The summed E-state index contributed by atoms with van der Waals surface area (Å²) in [4.78, 5) is 10.2. The molecule has 0 amide bonds. The van der Waals surface area contributed by atoms with Gasteiger partial charge in [0.2, 0.25) is 6.79 Å². The van der Waals surface area contributed by atoms with Crippen molar-refractivity contribution in [2.45, 2.75) is 0 Å². The molecule has 0 saturated carbocycles. The average molecular weight is 270 g/mol. The average Bonchev–Trinajstić information content (AvgIpc) is 2.60. The Bertz CT molecular complexity index is 439. The highest BCUT2D eigenvalue weighted by Crippen LogP contribution is 2.37. The summed E-state index contributed by atoms with van der Waals surface area (Å²) in [6, 6.07) is 3.43. The van der Waals surface area contributed by atoms with Gasteiger partial charge >= 0.3 is 0 Å². The van der Waals surface area contributed by atoms with E-state index in [9.17, 15) is 9.90 Å². The molecule has 0 fully saturated rings. The summed E-state index contributed by atoms with van der Waals surface area (Å²) in [6.45, 7) is 0.190. The standard InChI is InChI=1S/C10H7BrO4/c11-7-4-9-8(14-5-15-9)3-6(7)1-2-10(12)13/h1-4H,5H2,(H,12,13)/p-1. The van der Waals surface area contributed by atoms with Crippen molar-refractivity contribution in [3.8, 4) is 11.5 Å². The molecule has 0 N–H and O–H groups in total. The molecule has 15 heavy (non-hydrogen) atoms. The fraction of sp³-hybridized carbons (Fsp3) is 0.100. The van der Waals surface area contributed by atoms with Crippen molar-refractivity contribution in [2.75, 3.05) is 6.79 Å². The molecule has 5 heteroatoms. The van der Waals surface area contributed by atoms with Crippen LogP contribution in [0.15, 0.2) is 22.7 Å². The largest absolute Gasteiger partial charge is 0.545 e. The van der Waals surface area contributed by atoms with Gasteiger partial charge in [-0.1, -0.05) is 22.0 Å². The molecule has 1 aromatic rings. The third-order valence-electron chi connectivity index (χ3n) is 1.89. The van der Waals surface area contributed by atoms with Crippen LogP contribution in [0.3, 0.4) is 0 Å². The summed E-state index contributed by atoms with van der Waals surface area (Å²) in [6.07, 6.45) is 2.39. The van der Waals surface area contributed by atoms with Crippen LogP contribution in [0.4, 0.5) is 0 Å². The highest BCUT2D eigenvalue weighted by Gasteiger charge is 2.14. The number of carboxylic acids is 1. The first-order valence-corrected chi connectivity index (χ1v) is 4.94. The van der Waals surface area contributed by atoms with Gasteiger partial charge in [0.15, 0.2) is 11.5 Å². The lowest BCUT2D eigenvalue weighted by Gasteiger charge is -2.01. The van der Waals surface area contributed by atoms with Crippen LogP contribution in [-0.2, 0) is 4.79 Å². The minimum Gasteiger partial charge on any atom is -0.545 e. The van der Waals surface area contributed by atoms with Crippen LogP contribution in [0.5, 0.6) is 11.5 Å². The molecule has 0 atom stereocenters. The number of halogens is 1. The summed E-state index contributed by atoms with van der Waals surface area (Å²) in [7, 11) is 0. The minimum atomic E-state index is -1.24. The second-order valence-electron chi connectivity index (χ2n) is 2.88. The number of hydrogen-bond donors (Lipinski definition) is 0. The monoisotopic (exact) mass is 269 g/mol. The zero-order valence-corrected chi connectivity index (χ0v) is 9.11. The van der Waals surface area contributed by atoms with Gasteiger partial charge in [-0.3, -0.25) is 0 Å². The van der Waals surface area contributed by atoms with Crippen molar-refractivity contribution in [2.24, 2.45) is 0 Å². The highest BCUT2D eigenvalue weighted by atomic mass is 79.9. The Morgan fingerprint density at radius 1 is 1.40 bits per heavy atom. The molecule has 1 aliphatic rings. The molecule has 4 nitrogen and oxygen atoms in total. The van der Waals surface area contributed by atoms with E-state index in [0.717, 1.165) is 10.5 Å². The zero-order valence-electron chi connectivity index (χ0n) is 7.53. The fourth-order valence-corrected chi connectivity index (χ4v) is 1.67. The maximum atomic E-state index is 10.2. The normalized spacial score (nSPS) is 13.4. The number of hydrogen-bond acceptors (Lipinski definition) is 4. The molecule has 0 radical (unpaired) electrons. The number of carboxylic acid groups (broad SMARTS) is 1. The van der Waals surface area contributed by atoms with Gasteiger partial charge in [0.05, 0.1) is 5.97 Å². The maximum absolute atomic E-state index is 10.2. The van der Waals surface area contributed by atoms with Gasteiger partial charge in [0.25, 0.3) is 0 Å². The van der Waals surface area contributed by atoms with Crippen LogP contribution < -0.4 is 14.6 Å². The Balaban J connectivity index is 2.36. The van der Waals surface area contributed by atoms with Crippen LogP contribution in [0, 0.1) is 0 Å². The van der Waals surface area contributed by atoms with Gasteiger partial charge in [-0.25, -0.2) is 0 Å². The highest BCUT2D eigenvalue weighted by molar-refractivity contribution is 9.10. The van der Waals surface area contributed by atoms with Gasteiger partial charge in [-0.2, -0.15) is 0 Å². The number of benzene rings is 1. The zero-order chi connectivity index (χ0) is 10.8. The molecular formula is C10H6BrO4-. The quantitative estimate of drug-likeness (QED) is 0.750. The van der Waals surface area contributed by atoms with E-state index in [2.05, 4.69) is 15.9 Å². The molecule has 0 aromatic heterocycles. The SMILES string of the molecule is O=C([O-])C=Cc1cc2c(cc1Br)OCO2. The van der Waals surface area contributed by atoms with Crippen molar-refractivity contribution < 1.29 is 19.4 Å². The van der Waals surface area contributed by atoms with E-state index in [1.807, 2.05) is 0 Å². The lowest BCUT2D eigenvalue weighted by Crippen LogP contribution is -2.18. The lowest BCUT2D eigenvalue weighted by molar-refractivity contribution is -0.297. The molecule has 1 aliphatic heterocycles. The van der Waals surface area contributed by atoms with Gasteiger partial charge in [0.1, 0.15) is 0 Å². The number of aliphatic carboxylic acids is 1. The maximum Gasteiger partial charge on any atom is 0.231 e. The van der Waals surface area contributed by atoms with E-state index in [0.29, 0.717) is 17.1 Å². The summed E-state index contributed by atoms with van der Waals surface area (Å²) >= 11 is 3.30. The van der Waals surface area contributed by atoms with E-state index in [4.69, 9.17) is 9.47 Å². The summed E-state index contributed by atoms with van der Waals surface area (Å²) in [5.41, 5.74) is 0.698. The second-order valence-corrected chi connectivity index (χ2v) is 3.73. The third-order valence-corrected chi connectivity index (χ3v) is 2.58. The Morgan fingerprint density at radius 3 is 2.73 bits per heavy atom. The van der Waals surface area contributed by atoms with E-state index in [1.165, 1.54) is 6.08 Å². The van der Waals surface area contributed by atoms with Crippen LogP contribution in [0.1, 0.15) is 5.56 Å². The Labute approximate surface area is 94.2 Å². The van der Waals surface area contributed by atoms with Gasteiger partial charge in [-0.15, -0.1) is 0 Å². The van der Waals surface area contributed by atoms with Crippen molar-refractivity contribution in [1.29, 1.82) is 0 Å². The first-order chi connectivity index (χ1) is 7.16. The number of fused-ring (bicyclic) bond motifs is 1. The van der Waals surface area contributed by atoms with Crippen molar-refractivity contribution in [3.63, 3.8) is 0 Å². The number of ether oxygens (including phenoxy) is 2. The summed E-state index contributed by atoms with van der Waals surface area (Å²) in [5, 5.41) is 10.2. The van der Waals surface area contributed by atoms with Crippen molar-refractivity contribution >= 4 is 28.0 Å². The molecule has 2 rings (SSSR count). The van der Waals surface area contributed by atoms with E-state index >= 15 is 0 Å². The Kier molecular flexibility index (Phi) is 2.64. The first-order valence-electron chi connectivity index (χ1n) is 4.15. The smallest absolute Gasteiger partial charge is 0.231 e. The van der Waals surface area contributed by atoms with Gasteiger partial charge in [-0.05, 0) is 23.8 Å². The minimum absolute atomic E-state index is 0.190. The van der Waals surface area contributed by atoms with Crippen LogP contribution in [0.25, 0.3) is 6.08 Å².